The average Bonchev–Trinajstić information content (AvgIpc) is 2.65. The number of rotatable bonds is 6. The van der Waals surface area contributed by atoms with Gasteiger partial charge < -0.3 is 24.5 Å². The Morgan fingerprint density at radius 2 is 1.64 bits per heavy atom. The van der Waals surface area contributed by atoms with Crippen molar-refractivity contribution in [1.29, 1.82) is 0 Å². The van der Waals surface area contributed by atoms with Crippen LogP contribution >= 0.6 is 0 Å². The molecule has 0 spiro atoms. The minimum atomic E-state index is -0.143. The maximum absolute atomic E-state index is 12.3. The van der Waals surface area contributed by atoms with Crippen molar-refractivity contribution in [3.8, 4) is 17.2 Å². The van der Waals surface area contributed by atoms with E-state index in [9.17, 15) is 4.79 Å². The van der Waals surface area contributed by atoms with Crippen LogP contribution in [-0.2, 0) is 6.54 Å². The summed E-state index contributed by atoms with van der Waals surface area (Å²) in [6, 6.07) is 12.9. The molecular formula is C19H20N2O4. The molecular weight excluding hydrogens is 320 g/mol. The molecule has 0 atom stereocenters. The summed E-state index contributed by atoms with van der Waals surface area (Å²) in [5.74, 6) is 2.10. The molecule has 0 aliphatic carbocycles. The third kappa shape index (κ3) is 3.52. The normalized spacial score (nSPS) is 10.5. The quantitative estimate of drug-likeness (QED) is 0.721. The molecule has 3 rings (SSSR count). The Labute approximate surface area is 145 Å². The molecule has 2 aromatic carbocycles. The van der Waals surface area contributed by atoms with Crippen molar-refractivity contribution in [3.63, 3.8) is 0 Å². The lowest BCUT2D eigenvalue weighted by Gasteiger charge is -2.13. The highest BCUT2D eigenvalue weighted by Gasteiger charge is 2.08. The number of methoxy groups -OCH3 is 3. The van der Waals surface area contributed by atoms with Gasteiger partial charge in [-0.05, 0) is 35.7 Å². The van der Waals surface area contributed by atoms with Crippen molar-refractivity contribution in [2.45, 2.75) is 6.54 Å². The van der Waals surface area contributed by atoms with E-state index in [1.807, 2.05) is 36.4 Å². The van der Waals surface area contributed by atoms with E-state index in [0.717, 1.165) is 16.6 Å². The molecule has 6 nitrogen and oxygen atoms in total. The molecule has 2 N–H and O–H groups in total. The maximum Gasteiger partial charge on any atom is 0.253 e. The minimum Gasteiger partial charge on any atom is -0.497 e. The van der Waals surface area contributed by atoms with Gasteiger partial charge in [-0.15, -0.1) is 0 Å². The summed E-state index contributed by atoms with van der Waals surface area (Å²) in [4.78, 5) is 15.2. The van der Waals surface area contributed by atoms with Gasteiger partial charge >= 0.3 is 0 Å². The standard InChI is InChI=1S/C19H20N2O4/c1-23-14-5-4-12-8-13(19(22)21-16(12)9-14)11-20-17-10-15(24-2)6-7-18(17)25-3/h4-10,20H,11H2,1-3H3,(H,21,22). The first kappa shape index (κ1) is 16.7. The van der Waals surface area contributed by atoms with Crippen LogP contribution in [0.5, 0.6) is 17.2 Å². The second-order valence-electron chi connectivity index (χ2n) is 5.50. The van der Waals surface area contributed by atoms with Gasteiger partial charge in [0.25, 0.3) is 5.56 Å². The van der Waals surface area contributed by atoms with Crippen LogP contribution in [0.1, 0.15) is 5.56 Å². The van der Waals surface area contributed by atoms with Crippen LogP contribution in [0.15, 0.2) is 47.3 Å². The van der Waals surface area contributed by atoms with Crippen LogP contribution in [-0.4, -0.2) is 26.3 Å². The third-order valence-electron chi connectivity index (χ3n) is 4.01. The van der Waals surface area contributed by atoms with Crippen LogP contribution < -0.4 is 25.1 Å². The van der Waals surface area contributed by atoms with E-state index in [0.29, 0.717) is 29.4 Å². The molecule has 0 amide bonds. The van der Waals surface area contributed by atoms with Gasteiger partial charge in [0.15, 0.2) is 0 Å². The lowest BCUT2D eigenvalue weighted by Crippen LogP contribution is -2.16. The van der Waals surface area contributed by atoms with Gasteiger partial charge in [0, 0.05) is 24.2 Å². The predicted molar refractivity (Wildman–Crippen MR) is 98.0 cm³/mol. The molecule has 0 unspecified atom stereocenters. The van der Waals surface area contributed by atoms with Gasteiger partial charge in [-0.1, -0.05) is 0 Å². The van der Waals surface area contributed by atoms with Crippen LogP contribution in [0, 0.1) is 0 Å². The highest BCUT2D eigenvalue weighted by Crippen LogP contribution is 2.29. The number of fused-ring (bicyclic) bond motifs is 1. The Hall–Kier alpha value is -3.15. The summed E-state index contributed by atoms with van der Waals surface area (Å²) < 4.78 is 15.8. The number of aromatic nitrogens is 1. The lowest BCUT2D eigenvalue weighted by atomic mass is 10.1. The molecule has 6 heteroatoms. The maximum atomic E-state index is 12.3. The van der Waals surface area contributed by atoms with Crippen LogP contribution in [0.2, 0.25) is 0 Å². The predicted octanol–water partition coefficient (Wildman–Crippen LogP) is 3.17. The minimum absolute atomic E-state index is 0.143. The smallest absolute Gasteiger partial charge is 0.253 e. The number of nitrogens with one attached hydrogen (secondary N) is 2. The first-order valence-electron chi connectivity index (χ1n) is 7.80. The number of hydrogen-bond acceptors (Lipinski definition) is 5. The fourth-order valence-electron chi connectivity index (χ4n) is 2.63. The Balaban J connectivity index is 1.88. The van der Waals surface area contributed by atoms with Gasteiger partial charge in [-0.25, -0.2) is 0 Å². The van der Waals surface area contributed by atoms with Crippen molar-refractivity contribution in [1.82, 2.24) is 4.98 Å². The summed E-state index contributed by atoms with van der Waals surface area (Å²) in [5, 5.41) is 4.17. The largest absolute Gasteiger partial charge is 0.497 e. The van der Waals surface area contributed by atoms with Gasteiger partial charge in [-0.2, -0.15) is 0 Å². The van der Waals surface area contributed by atoms with E-state index in [4.69, 9.17) is 14.2 Å². The molecule has 1 aromatic heterocycles. The summed E-state index contributed by atoms with van der Waals surface area (Å²) in [6.45, 7) is 0.362. The van der Waals surface area contributed by atoms with E-state index in [-0.39, 0.29) is 5.56 Å². The molecule has 0 aliphatic heterocycles. The van der Waals surface area contributed by atoms with Crippen LogP contribution in [0.25, 0.3) is 10.9 Å². The fourth-order valence-corrected chi connectivity index (χ4v) is 2.63. The SMILES string of the molecule is COc1ccc(OC)c(NCc2cc3ccc(OC)cc3[nH]c2=O)c1. The summed E-state index contributed by atoms with van der Waals surface area (Å²) >= 11 is 0. The van der Waals surface area contributed by atoms with Crippen molar-refractivity contribution in [2.24, 2.45) is 0 Å². The fraction of sp³-hybridized carbons (Fsp3) is 0.211. The Kier molecular flexibility index (Phi) is 4.79. The zero-order valence-corrected chi connectivity index (χ0v) is 14.4. The molecule has 25 heavy (non-hydrogen) atoms. The zero-order chi connectivity index (χ0) is 17.8. The third-order valence-corrected chi connectivity index (χ3v) is 4.01. The zero-order valence-electron chi connectivity index (χ0n) is 14.4. The molecule has 0 fully saturated rings. The number of aromatic amines is 1. The number of pyridine rings is 1. The summed E-state index contributed by atoms with van der Waals surface area (Å²) in [5.41, 5.74) is 1.99. The van der Waals surface area contributed by atoms with Gasteiger partial charge in [0.2, 0.25) is 0 Å². The van der Waals surface area contributed by atoms with E-state index in [2.05, 4.69) is 10.3 Å². The molecule has 0 saturated carbocycles. The number of H-pyrrole nitrogens is 1. The Bertz CT molecular complexity index is 950. The van der Waals surface area contributed by atoms with Crippen LogP contribution in [0.4, 0.5) is 5.69 Å². The topological polar surface area (TPSA) is 72.6 Å². The molecule has 1 heterocycles. The van der Waals surface area contributed by atoms with E-state index >= 15 is 0 Å². The Morgan fingerprint density at radius 3 is 2.36 bits per heavy atom. The number of hydrogen-bond donors (Lipinski definition) is 2. The molecule has 130 valence electrons. The summed E-state index contributed by atoms with van der Waals surface area (Å²) in [7, 11) is 4.80. The highest BCUT2D eigenvalue weighted by molar-refractivity contribution is 5.80. The monoisotopic (exact) mass is 340 g/mol. The summed E-state index contributed by atoms with van der Waals surface area (Å²) in [6.07, 6.45) is 0. The first-order valence-corrected chi connectivity index (χ1v) is 7.80. The number of benzene rings is 2. The molecule has 0 aliphatic rings. The number of anilines is 1. The van der Waals surface area contributed by atoms with Gasteiger partial charge in [0.1, 0.15) is 17.2 Å². The lowest BCUT2D eigenvalue weighted by molar-refractivity contribution is 0.404. The highest BCUT2D eigenvalue weighted by atomic mass is 16.5. The van der Waals surface area contributed by atoms with E-state index in [1.54, 1.807) is 27.4 Å². The van der Waals surface area contributed by atoms with Crippen molar-refractivity contribution in [3.05, 3.63) is 58.4 Å². The molecule has 0 bridgehead atoms. The first-order chi connectivity index (χ1) is 12.1. The van der Waals surface area contributed by atoms with Gasteiger partial charge in [-0.3, -0.25) is 4.79 Å². The van der Waals surface area contributed by atoms with E-state index in [1.165, 1.54) is 0 Å². The number of ether oxygens (including phenoxy) is 3. The van der Waals surface area contributed by atoms with E-state index < -0.39 is 0 Å². The van der Waals surface area contributed by atoms with Gasteiger partial charge in [0.05, 0.1) is 32.5 Å². The molecule has 0 saturated heterocycles. The Morgan fingerprint density at radius 1 is 0.920 bits per heavy atom. The van der Waals surface area contributed by atoms with Crippen molar-refractivity contribution in [2.75, 3.05) is 26.6 Å². The second kappa shape index (κ2) is 7.17. The molecule has 0 radical (unpaired) electrons. The van der Waals surface area contributed by atoms with Crippen molar-refractivity contribution < 1.29 is 14.2 Å². The molecule has 3 aromatic rings. The van der Waals surface area contributed by atoms with Crippen molar-refractivity contribution >= 4 is 16.6 Å². The second-order valence-corrected chi connectivity index (χ2v) is 5.50. The average molecular weight is 340 g/mol. The van der Waals surface area contributed by atoms with Crippen LogP contribution in [0.3, 0.4) is 0 Å².